The highest BCUT2D eigenvalue weighted by Crippen LogP contribution is 2.56. The zero-order valence-corrected chi connectivity index (χ0v) is 17.8. The standard InChI is InChI=1S/C26H19F3O4/c1-31-20-11-10-15(12-21(20)32-2)22-13-25(14-23(25)30)19-9-5-7-17(24(19)33-22)16-6-3-4-8-18(16)26(27,28)29/h3-13H,14H2,1-2H3. The number of allylic oxidation sites excluding steroid dienone is 1. The van der Waals surface area contributed by atoms with E-state index in [0.717, 1.165) is 6.07 Å². The first-order chi connectivity index (χ1) is 15.8. The van der Waals surface area contributed by atoms with Crippen molar-refractivity contribution in [3.8, 4) is 28.4 Å². The molecule has 0 aromatic heterocycles. The van der Waals surface area contributed by atoms with Crippen LogP contribution in [0.3, 0.4) is 0 Å². The summed E-state index contributed by atoms with van der Waals surface area (Å²) in [6.07, 6.45) is -2.52. The van der Waals surface area contributed by atoms with E-state index >= 15 is 0 Å². The Labute approximate surface area is 188 Å². The molecule has 0 saturated heterocycles. The van der Waals surface area contributed by atoms with Gasteiger partial charge in [-0.1, -0.05) is 36.4 Å². The van der Waals surface area contributed by atoms with E-state index in [1.165, 1.54) is 26.4 Å². The Morgan fingerprint density at radius 2 is 1.61 bits per heavy atom. The number of Topliss-reactive ketones (excluding diaryl/α,β-unsaturated/α-hetero) is 1. The van der Waals surface area contributed by atoms with E-state index in [4.69, 9.17) is 14.2 Å². The second-order valence-electron chi connectivity index (χ2n) is 7.98. The number of halogens is 3. The van der Waals surface area contributed by atoms with Crippen molar-refractivity contribution < 1.29 is 32.2 Å². The van der Waals surface area contributed by atoms with Crippen molar-refractivity contribution >= 4 is 11.5 Å². The minimum atomic E-state index is -4.54. The molecule has 3 aromatic carbocycles. The number of para-hydroxylation sites is 1. The molecule has 1 spiro atoms. The van der Waals surface area contributed by atoms with E-state index in [1.54, 1.807) is 48.5 Å². The maximum atomic E-state index is 13.8. The van der Waals surface area contributed by atoms with Crippen molar-refractivity contribution in [3.05, 3.63) is 83.4 Å². The first-order valence-electron chi connectivity index (χ1n) is 10.2. The topological polar surface area (TPSA) is 44.8 Å². The van der Waals surface area contributed by atoms with Gasteiger partial charge in [0.05, 0.1) is 25.2 Å². The van der Waals surface area contributed by atoms with Crippen LogP contribution in [-0.2, 0) is 16.4 Å². The van der Waals surface area contributed by atoms with E-state index in [-0.39, 0.29) is 29.1 Å². The summed E-state index contributed by atoms with van der Waals surface area (Å²) >= 11 is 0. The van der Waals surface area contributed by atoms with Gasteiger partial charge in [-0.15, -0.1) is 0 Å². The van der Waals surface area contributed by atoms with Crippen molar-refractivity contribution in [1.29, 1.82) is 0 Å². The van der Waals surface area contributed by atoms with Gasteiger partial charge < -0.3 is 14.2 Å². The molecule has 1 aliphatic carbocycles. The quantitative estimate of drug-likeness (QED) is 0.485. The Kier molecular flexibility index (Phi) is 4.74. The molecule has 168 valence electrons. The minimum Gasteiger partial charge on any atom is -0.493 e. The van der Waals surface area contributed by atoms with Gasteiger partial charge in [0, 0.05) is 23.1 Å². The molecule has 0 bridgehead atoms. The molecule has 1 unspecified atom stereocenters. The molecule has 5 rings (SSSR count). The fourth-order valence-electron chi connectivity index (χ4n) is 4.33. The predicted octanol–water partition coefficient (Wildman–Crippen LogP) is 6.03. The smallest absolute Gasteiger partial charge is 0.417 e. The number of rotatable bonds is 4. The van der Waals surface area contributed by atoms with Crippen molar-refractivity contribution in [2.45, 2.75) is 18.0 Å². The highest BCUT2D eigenvalue weighted by atomic mass is 19.4. The highest BCUT2D eigenvalue weighted by molar-refractivity contribution is 6.11. The molecule has 1 heterocycles. The number of fused-ring (bicyclic) bond motifs is 2. The van der Waals surface area contributed by atoms with Crippen LogP contribution in [0.1, 0.15) is 23.1 Å². The van der Waals surface area contributed by atoms with Gasteiger partial charge in [0.2, 0.25) is 0 Å². The van der Waals surface area contributed by atoms with E-state index in [1.807, 2.05) is 0 Å². The lowest BCUT2D eigenvalue weighted by atomic mass is 9.86. The maximum absolute atomic E-state index is 13.8. The normalized spacial score (nSPS) is 18.9. The van der Waals surface area contributed by atoms with Gasteiger partial charge in [-0.25, -0.2) is 0 Å². The van der Waals surface area contributed by atoms with Crippen LogP contribution in [0.5, 0.6) is 17.2 Å². The minimum absolute atomic E-state index is 0.00124. The molecule has 1 fully saturated rings. The molecule has 0 radical (unpaired) electrons. The van der Waals surface area contributed by atoms with Crippen LogP contribution in [0, 0.1) is 0 Å². The molecule has 1 saturated carbocycles. The van der Waals surface area contributed by atoms with Crippen LogP contribution < -0.4 is 14.2 Å². The average molecular weight is 452 g/mol. The Balaban J connectivity index is 1.69. The number of ketones is 1. The second-order valence-corrected chi connectivity index (χ2v) is 7.98. The van der Waals surface area contributed by atoms with Crippen LogP contribution in [0.25, 0.3) is 16.9 Å². The van der Waals surface area contributed by atoms with Crippen molar-refractivity contribution in [2.24, 2.45) is 0 Å². The van der Waals surface area contributed by atoms with Crippen LogP contribution in [-0.4, -0.2) is 20.0 Å². The molecular weight excluding hydrogens is 433 g/mol. The molecule has 7 heteroatoms. The average Bonchev–Trinajstić information content (AvgIpc) is 3.46. The summed E-state index contributed by atoms with van der Waals surface area (Å²) < 4.78 is 58.1. The fourth-order valence-corrected chi connectivity index (χ4v) is 4.33. The Morgan fingerprint density at radius 1 is 0.909 bits per heavy atom. The molecule has 0 amide bonds. The summed E-state index contributed by atoms with van der Waals surface area (Å²) in [6.45, 7) is 0. The Morgan fingerprint density at radius 3 is 2.27 bits per heavy atom. The fraction of sp³-hybridized carbons (Fsp3) is 0.192. The molecular formula is C26H19F3O4. The monoisotopic (exact) mass is 452 g/mol. The first-order valence-corrected chi connectivity index (χ1v) is 10.2. The second kappa shape index (κ2) is 7.40. The lowest BCUT2D eigenvalue weighted by Gasteiger charge is -2.27. The van der Waals surface area contributed by atoms with Crippen LogP contribution in [0.4, 0.5) is 13.2 Å². The number of hydrogen-bond acceptors (Lipinski definition) is 4. The van der Waals surface area contributed by atoms with Gasteiger partial charge in [0.1, 0.15) is 17.3 Å². The summed E-state index contributed by atoms with van der Waals surface area (Å²) in [5, 5.41) is 0. The van der Waals surface area contributed by atoms with Crippen LogP contribution >= 0.6 is 0 Å². The predicted molar refractivity (Wildman–Crippen MR) is 116 cm³/mol. The SMILES string of the molecule is COc1ccc(C2=CC3(CC3=O)c3cccc(-c4ccccc4C(F)(F)F)c3O2)cc1OC. The first kappa shape index (κ1) is 21.1. The summed E-state index contributed by atoms with van der Waals surface area (Å²) in [5.41, 5.74) is -0.189. The lowest BCUT2D eigenvalue weighted by Crippen LogP contribution is -2.17. The summed E-state index contributed by atoms with van der Waals surface area (Å²) in [6, 6.07) is 15.5. The zero-order chi connectivity index (χ0) is 23.4. The third-order valence-corrected chi connectivity index (χ3v) is 6.09. The van der Waals surface area contributed by atoms with E-state index in [2.05, 4.69) is 0 Å². The number of alkyl halides is 3. The van der Waals surface area contributed by atoms with Gasteiger partial charge in [0.15, 0.2) is 11.5 Å². The Bertz CT molecular complexity index is 1310. The van der Waals surface area contributed by atoms with Gasteiger partial charge in [-0.2, -0.15) is 13.2 Å². The number of ether oxygens (including phenoxy) is 3. The van der Waals surface area contributed by atoms with Crippen molar-refractivity contribution in [3.63, 3.8) is 0 Å². The number of benzene rings is 3. The maximum Gasteiger partial charge on any atom is 0.417 e. The Hall–Kier alpha value is -3.74. The van der Waals surface area contributed by atoms with Gasteiger partial charge in [-0.3, -0.25) is 4.79 Å². The number of hydrogen-bond donors (Lipinski definition) is 0. The van der Waals surface area contributed by atoms with E-state index in [0.29, 0.717) is 28.4 Å². The molecule has 1 atom stereocenters. The number of methoxy groups -OCH3 is 2. The zero-order valence-electron chi connectivity index (χ0n) is 17.8. The van der Waals surface area contributed by atoms with E-state index < -0.39 is 17.2 Å². The van der Waals surface area contributed by atoms with Gasteiger partial charge >= 0.3 is 6.18 Å². The van der Waals surface area contributed by atoms with Crippen molar-refractivity contribution in [1.82, 2.24) is 0 Å². The third kappa shape index (κ3) is 3.35. The summed E-state index contributed by atoms with van der Waals surface area (Å²) in [5.74, 6) is 1.62. The molecule has 33 heavy (non-hydrogen) atoms. The molecule has 3 aromatic rings. The van der Waals surface area contributed by atoms with E-state index in [9.17, 15) is 18.0 Å². The largest absolute Gasteiger partial charge is 0.493 e. The molecule has 4 nitrogen and oxygen atoms in total. The summed E-state index contributed by atoms with van der Waals surface area (Å²) in [7, 11) is 3.03. The van der Waals surface area contributed by atoms with Gasteiger partial charge in [0.25, 0.3) is 0 Å². The number of carbonyl (C=O) groups excluding carboxylic acids is 1. The van der Waals surface area contributed by atoms with Crippen molar-refractivity contribution in [2.75, 3.05) is 14.2 Å². The van der Waals surface area contributed by atoms with Crippen LogP contribution in [0.15, 0.2) is 66.7 Å². The lowest BCUT2D eigenvalue weighted by molar-refractivity contribution is -0.137. The third-order valence-electron chi connectivity index (χ3n) is 6.09. The summed E-state index contributed by atoms with van der Waals surface area (Å²) in [4.78, 5) is 12.6. The molecule has 0 N–H and O–H groups in total. The highest BCUT2D eigenvalue weighted by Gasteiger charge is 2.57. The van der Waals surface area contributed by atoms with Crippen LogP contribution in [0.2, 0.25) is 0 Å². The molecule has 1 aliphatic heterocycles. The number of carbonyl (C=O) groups is 1. The molecule has 2 aliphatic rings. The van der Waals surface area contributed by atoms with Gasteiger partial charge in [-0.05, 0) is 35.9 Å².